The van der Waals surface area contributed by atoms with Gasteiger partial charge in [-0.3, -0.25) is 0 Å². The number of piperidine rings is 1. The minimum absolute atomic E-state index is 0.109. The van der Waals surface area contributed by atoms with Gasteiger partial charge in [0.25, 0.3) is 0 Å². The third kappa shape index (κ3) is 6.50. The molecule has 182 valence electrons. The first-order valence-corrected chi connectivity index (χ1v) is 12.0. The van der Waals surface area contributed by atoms with E-state index in [4.69, 9.17) is 21.7 Å². The standard InChI is InChI=1S/C24H36N4O4S/c1-17(2)14-20(21(29)32-4)26-22(30)28-13-10-24(16-28)8-11-27(12-9-24)23(33)25-18-6-5-7-19(15-18)31-3/h5-7,15,17,20H,8-14,16H2,1-4H3,(H,25,33)(H,26,30)/t20-/m0/s1. The summed E-state index contributed by atoms with van der Waals surface area (Å²) in [5, 5.41) is 6.90. The Morgan fingerprint density at radius 1 is 1.12 bits per heavy atom. The van der Waals surface area contributed by atoms with Gasteiger partial charge < -0.3 is 29.9 Å². The van der Waals surface area contributed by atoms with Crippen LogP contribution in [0.4, 0.5) is 10.5 Å². The fourth-order valence-electron chi connectivity index (χ4n) is 4.67. The number of urea groups is 1. The Balaban J connectivity index is 1.51. The number of methoxy groups -OCH3 is 2. The first kappa shape index (κ1) is 25.1. The molecule has 0 radical (unpaired) electrons. The number of carbonyl (C=O) groups is 2. The summed E-state index contributed by atoms with van der Waals surface area (Å²) in [7, 11) is 3.00. The molecule has 9 heteroatoms. The predicted octanol–water partition coefficient (Wildman–Crippen LogP) is 3.48. The quantitative estimate of drug-likeness (QED) is 0.480. The van der Waals surface area contributed by atoms with Gasteiger partial charge in [-0.2, -0.15) is 0 Å². The van der Waals surface area contributed by atoms with Gasteiger partial charge in [0, 0.05) is 37.9 Å². The van der Waals surface area contributed by atoms with Crippen molar-refractivity contribution < 1.29 is 19.1 Å². The largest absolute Gasteiger partial charge is 0.497 e. The average molecular weight is 477 g/mol. The first-order chi connectivity index (χ1) is 15.7. The maximum absolute atomic E-state index is 12.9. The van der Waals surface area contributed by atoms with E-state index in [1.54, 1.807) is 7.11 Å². The molecular formula is C24H36N4O4S. The number of benzene rings is 1. The number of likely N-dealkylation sites (tertiary alicyclic amines) is 2. The number of thiocarbonyl (C=S) groups is 1. The molecule has 2 amide bonds. The van der Waals surface area contributed by atoms with Crippen LogP contribution in [-0.4, -0.2) is 73.4 Å². The molecule has 1 spiro atoms. The molecule has 33 heavy (non-hydrogen) atoms. The Kier molecular flexibility index (Phi) is 8.40. The molecule has 1 aromatic carbocycles. The molecular weight excluding hydrogens is 440 g/mol. The van der Waals surface area contributed by atoms with E-state index in [2.05, 4.69) is 15.5 Å². The molecule has 1 atom stereocenters. The van der Waals surface area contributed by atoms with E-state index in [1.165, 1.54) is 7.11 Å². The number of hydrogen-bond acceptors (Lipinski definition) is 5. The van der Waals surface area contributed by atoms with Gasteiger partial charge in [-0.25, -0.2) is 9.59 Å². The van der Waals surface area contributed by atoms with Crippen LogP contribution in [0.1, 0.15) is 39.5 Å². The Bertz CT molecular complexity index is 855. The van der Waals surface area contributed by atoms with Gasteiger partial charge in [0.1, 0.15) is 11.8 Å². The minimum Gasteiger partial charge on any atom is -0.497 e. The second-order valence-electron chi connectivity index (χ2n) is 9.48. The average Bonchev–Trinajstić information content (AvgIpc) is 3.21. The van der Waals surface area contributed by atoms with Crippen molar-refractivity contribution in [2.75, 3.05) is 45.7 Å². The van der Waals surface area contributed by atoms with Gasteiger partial charge >= 0.3 is 12.0 Å². The number of anilines is 1. The van der Waals surface area contributed by atoms with Crippen molar-refractivity contribution in [1.29, 1.82) is 0 Å². The topological polar surface area (TPSA) is 83.1 Å². The van der Waals surface area contributed by atoms with Crippen molar-refractivity contribution in [3.63, 3.8) is 0 Å². The molecule has 2 N–H and O–H groups in total. The molecule has 0 aliphatic carbocycles. The molecule has 0 bridgehead atoms. The number of hydrogen-bond donors (Lipinski definition) is 2. The summed E-state index contributed by atoms with van der Waals surface area (Å²) >= 11 is 5.64. The molecule has 2 fully saturated rings. The van der Waals surface area contributed by atoms with Crippen molar-refractivity contribution >= 4 is 35.0 Å². The molecule has 2 saturated heterocycles. The highest BCUT2D eigenvalue weighted by Gasteiger charge is 2.43. The summed E-state index contributed by atoms with van der Waals surface area (Å²) in [5.41, 5.74) is 1.02. The highest BCUT2D eigenvalue weighted by molar-refractivity contribution is 7.80. The van der Waals surface area contributed by atoms with Gasteiger partial charge in [0.15, 0.2) is 5.11 Å². The van der Waals surface area contributed by atoms with Gasteiger partial charge in [0.05, 0.1) is 14.2 Å². The molecule has 2 aliphatic heterocycles. The lowest BCUT2D eigenvalue weighted by molar-refractivity contribution is -0.143. The fourth-order valence-corrected chi connectivity index (χ4v) is 4.97. The fraction of sp³-hybridized carbons (Fsp3) is 0.625. The molecule has 0 unspecified atom stereocenters. The number of esters is 1. The highest BCUT2D eigenvalue weighted by Crippen LogP contribution is 2.40. The molecule has 3 rings (SSSR count). The third-order valence-electron chi connectivity index (χ3n) is 6.65. The predicted molar refractivity (Wildman–Crippen MR) is 132 cm³/mol. The van der Waals surface area contributed by atoms with E-state index in [0.717, 1.165) is 43.8 Å². The molecule has 2 heterocycles. The summed E-state index contributed by atoms with van der Waals surface area (Å²) in [4.78, 5) is 29.0. The zero-order valence-corrected chi connectivity index (χ0v) is 20.9. The van der Waals surface area contributed by atoms with Crippen LogP contribution >= 0.6 is 12.2 Å². The van der Waals surface area contributed by atoms with Gasteiger partial charge in [0.2, 0.25) is 0 Å². The van der Waals surface area contributed by atoms with E-state index in [-0.39, 0.29) is 17.4 Å². The summed E-state index contributed by atoms with van der Waals surface area (Å²) in [6.45, 7) is 7.15. The first-order valence-electron chi connectivity index (χ1n) is 11.6. The van der Waals surface area contributed by atoms with Crippen LogP contribution in [-0.2, 0) is 9.53 Å². The Morgan fingerprint density at radius 2 is 1.79 bits per heavy atom. The molecule has 0 aromatic heterocycles. The number of amides is 2. The van der Waals surface area contributed by atoms with Crippen molar-refractivity contribution in [3.05, 3.63) is 24.3 Å². The maximum atomic E-state index is 12.9. The smallest absolute Gasteiger partial charge is 0.328 e. The van der Waals surface area contributed by atoms with Crippen LogP contribution in [0.5, 0.6) is 5.75 Å². The van der Waals surface area contributed by atoms with Gasteiger partial charge in [-0.15, -0.1) is 0 Å². The zero-order chi connectivity index (χ0) is 24.0. The summed E-state index contributed by atoms with van der Waals surface area (Å²) in [5.74, 6) is 0.668. The van der Waals surface area contributed by atoms with Crippen LogP contribution in [0, 0.1) is 11.3 Å². The number of rotatable bonds is 6. The van der Waals surface area contributed by atoms with Crippen LogP contribution in [0.25, 0.3) is 0 Å². The van der Waals surface area contributed by atoms with Crippen molar-refractivity contribution in [3.8, 4) is 5.75 Å². The molecule has 1 aromatic rings. The number of nitrogens with one attached hydrogen (secondary N) is 2. The van der Waals surface area contributed by atoms with Crippen molar-refractivity contribution in [2.24, 2.45) is 11.3 Å². The second-order valence-corrected chi connectivity index (χ2v) is 9.86. The lowest BCUT2D eigenvalue weighted by Crippen LogP contribution is -2.50. The van der Waals surface area contributed by atoms with Crippen LogP contribution in [0.15, 0.2) is 24.3 Å². The van der Waals surface area contributed by atoms with Gasteiger partial charge in [-0.05, 0) is 61.4 Å². The SMILES string of the molecule is COC(=O)[C@H](CC(C)C)NC(=O)N1CCC2(CCN(C(=S)Nc3cccc(OC)c3)CC2)C1. The highest BCUT2D eigenvalue weighted by atomic mass is 32.1. The maximum Gasteiger partial charge on any atom is 0.328 e. The second kappa shape index (κ2) is 11.0. The summed E-state index contributed by atoms with van der Waals surface area (Å²) in [6, 6.07) is 6.93. The van der Waals surface area contributed by atoms with Gasteiger partial charge in [-0.1, -0.05) is 19.9 Å². The van der Waals surface area contributed by atoms with E-state index in [0.29, 0.717) is 24.6 Å². The molecule has 8 nitrogen and oxygen atoms in total. The summed E-state index contributed by atoms with van der Waals surface area (Å²) < 4.78 is 10.2. The van der Waals surface area contributed by atoms with E-state index < -0.39 is 12.0 Å². The van der Waals surface area contributed by atoms with Crippen LogP contribution in [0.2, 0.25) is 0 Å². The monoisotopic (exact) mass is 476 g/mol. The lowest BCUT2D eigenvalue weighted by atomic mass is 9.78. The third-order valence-corrected chi connectivity index (χ3v) is 7.01. The number of ether oxygens (including phenoxy) is 2. The molecule has 2 aliphatic rings. The number of carbonyl (C=O) groups excluding carboxylic acids is 2. The van der Waals surface area contributed by atoms with E-state index >= 15 is 0 Å². The molecule has 0 saturated carbocycles. The van der Waals surface area contributed by atoms with E-state index in [1.807, 2.05) is 43.0 Å². The minimum atomic E-state index is -0.610. The Hall–Kier alpha value is -2.55. The summed E-state index contributed by atoms with van der Waals surface area (Å²) in [6.07, 6.45) is 3.48. The Morgan fingerprint density at radius 3 is 2.39 bits per heavy atom. The van der Waals surface area contributed by atoms with Crippen LogP contribution in [0.3, 0.4) is 0 Å². The van der Waals surface area contributed by atoms with Crippen LogP contribution < -0.4 is 15.4 Å². The normalized spacial score (nSPS) is 18.2. The number of nitrogens with zero attached hydrogens (tertiary/aromatic N) is 2. The lowest BCUT2D eigenvalue weighted by Gasteiger charge is -2.40. The van der Waals surface area contributed by atoms with Crippen molar-refractivity contribution in [2.45, 2.75) is 45.6 Å². The van der Waals surface area contributed by atoms with E-state index in [9.17, 15) is 9.59 Å². The van der Waals surface area contributed by atoms with Crippen molar-refractivity contribution in [1.82, 2.24) is 15.1 Å². The Labute approximate surface area is 202 Å². The zero-order valence-electron chi connectivity index (χ0n) is 20.1.